The van der Waals surface area contributed by atoms with E-state index < -0.39 is 12.9 Å². The molecule has 0 amide bonds. The van der Waals surface area contributed by atoms with Crippen LogP contribution in [0.2, 0.25) is 0 Å². The van der Waals surface area contributed by atoms with Gasteiger partial charge in [-0.3, -0.25) is 0 Å². The van der Waals surface area contributed by atoms with Gasteiger partial charge in [-0.05, 0) is 77.4 Å². The number of aromatic hydroxyl groups is 1. The van der Waals surface area contributed by atoms with Crippen LogP contribution in [0.5, 0.6) is 17.2 Å². The Morgan fingerprint density at radius 3 is 2.56 bits per heavy atom. The maximum atomic E-state index is 9.23. The second kappa shape index (κ2) is 6.06. The van der Waals surface area contributed by atoms with Crippen molar-refractivity contribution in [1.82, 2.24) is 0 Å². The van der Waals surface area contributed by atoms with E-state index in [-0.39, 0.29) is 11.3 Å². The van der Waals surface area contributed by atoms with E-state index in [1.165, 1.54) is 24.3 Å². The molecule has 94 valence electrons. The number of phenolic OH excluding ortho intramolecular Hbond substituents is 1. The van der Waals surface area contributed by atoms with Crippen molar-refractivity contribution < 1.29 is 15.3 Å². The minimum absolute atomic E-state index is 0.135. The lowest BCUT2D eigenvalue weighted by molar-refractivity contribution is 0.463. The first-order valence-corrected chi connectivity index (χ1v) is 6.25. The van der Waals surface area contributed by atoms with E-state index >= 15 is 0 Å². The number of hydrogen-bond donors (Lipinski definition) is 2. The average molecular weight is 359 g/mol. The van der Waals surface area contributed by atoms with Crippen molar-refractivity contribution in [2.45, 2.75) is 6.37 Å². The molecule has 0 aliphatic heterocycles. The van der Waals surface area contributed by atoms with Crippen molar-refractivity contribution in [3.63, 3.8) is 0 Å². The Bertz CT molecular complexity index is 672. The Balaban J connectivity index is 2.29. The van der Waals surface area contributed by atoms with E-state index in [1.807, 2.05) is 22.6 Å². The van der Waals surface area contributed by atoms with E-state index in [0.717, 1.165) is 0 Å². The van der Waals surface area contributed by atoms with E-state index in [0.29, 0.717) is 15.1 Å². The molecule has 18 heavy (non-hydrogen) atoms. The van der Waals surface area contributed by atoms with Gasteiger partial charge in [-0.2, -0.15) is 0 Å². The van der Waals surface area contributed by atoms with Gasteiger partial charge in [0.25, 0.3) is 0 Å². The van der Waals surface area contributed by atoms with Gasteiger partial charge in [-0.15, -0.1) is 0 Å². The fourth-order valence-corrected chi connectivity index (χ4v) is 2.01. The lowest BCUT2D eigenvalue weighted by atomic mass is 10.1. The second-order valence-corrected chi connectivity index (χ2v) is 4.67. The van der Waals surface area contributed by atoms with Gasteiger partial charge < -0.3 is 15.6 Å². The van der Waals surface area contributed by atoms with E-state index in [2.05, 4.69) is 0 Å². The summed E-state index contributed by atoms with van der Waals surface area (Å²) in [5.41, 5.74) is 5.41. The summed E-state index contributed by atoms with van der Waals surface area (Å²) in [6.45, 7) is -2.49. The molecule has 0 radical (unpaired) electrons. The highest BCUT2D eigenvalue weighted by atomic mass is 127. The van der Waals surface area contributed by atoms with Gasteiger partial charge in [0.05, 0.1) is 3.57 Å². The molecule has 0 atom stereocenters. The summed E-state index contributed by atoms with van der Waals surface area (Å²) in [6, 6.07) is 10.7. The molecular formula is C14H14INO2. The molecule has 0 unspecified atom stereocenters. The van der Waals surface area contributed by atoms with Crippen LogP contribution in [-0.2, 0) is 6.37 Å². The van der Waals surface area contributed by atoms with Crippen molar-refractivity contribution in [3.05, 3.63) is 51.6 Å². The Kier molecular flexibility index (Phi) is 2.95. The van der Waals surface area contributed by atoms with Crippen LogP contribution in [-0.4, -0.2) is 11.6 Å². The van der Waals surface area contributed by atoms with E-state index in [1.54, 1.807) is 18.2 Å². The molecule has 0 saturated carbocycles. The smallest absolute Gasteiger partial charge is 0.140 e. The highest BCUT2D eigenvalue weighted by molar-refractivity contribution is 14.1. The highest BCUT2D eigenvalue weighted by Crippen LogP contribution is 2.28. The van der Waals surface area contributed by atoms with Crippen LogP contribution in [0.25, 0.3) is 0 Å². The average Bonchev–Trinajstić information content (AvgIpc) is 2.42. The number of phenols is 1. The Hall–Kier alpha value is -1.27. The molecule has 2 aromatic rings. The molecule has 0 bridgehead atoms. The van der Waals surface area contributed by atoms with Crippen molar-refractivity contribution in [1.29, 1.82) is 0 Å². The highest BCUT2D eigenvalue weighted by Gasteiger charge is 2.04. The summed E-state index contributed by atoms with van der Waals surface area (Å²) < 4.78 is 36.7. The normalized spacial score (nSPS) is 15.2. The maximum absolute atomic E-state index is 9.23. The Labute approximate surface area is 125 Å². The van der Waals surface area contributed by atoms with Crippen LogP contribution < -0.4 is 10.5 Å². The molecule has 0 aliphatic rings. The fourth-order valence-electron chi connectivity index (χ4n) is 1.39. The van der Waals surface area contributed by atoms with Gasteiger partial charge in [0.1, 0.15) is 17.2 Å². The summed E-state index contributed by atoms with van der Waals surface area (Å²) >= 11 is 1.98. The largest absolute Gasteiger partial charge is 0.508 e. The number of benzene rings is 2. The lowest BCUT2D eigenvalue weighted by Crippen LogP contribution is -2.02. The SMILES string of the molecule is [2H]C([2H])(N)C([2H])([2H])c1ccc(Oc2ccc(O)cc2)c(I)c1. The van der Waals surface area contributed by atoms with Gasteiger partial charge in [-0.25, -0.2) is 0 Å². The predicted molar refractivity (Wildman–Crippen MR) is 80.1 cm³/mol. The molecule has 0 aliphatic carbocycles. The van der Waals surface area contributed by atoms with Crippen molar-refractivity contribution in [2.75, 3.05) is 6.50 Å². The topological polar surface area (TPSA) is 55.5 Å². The van der Waals surface area contributed by atoms with Gasteiger partial charge >= 0.3 is 0 Å². The maximum Gasteiger partial charge on any atom is 0.140 e. The summed E-state index contributed by atoms with van der Waals surface area (Å²) in [7, 11) is 0. The molecule has 4 heteroatoms. The van der Waals surface area contributed by atoms with Crippen LogP contribution in [0.1, 0.15) is 11.0 Å². The molecule has 2 aromatic carbocycles. The third-order valence-corrected chi connectivity index (χ3v) is 3.06. The molecule has 0 saturated heterocycles. The zero-order valence-corrected chi connectivity index (χ0v) is 11.5. The molecule has 0 spiro atoms. The molecule has 2 rings (SSSR count). The van der Waals surface area contributed by atoms with E-state index in [9.17, 15) is 5.11 Å². The van der Waals surface area contributed by atoms with Gasteiger partial charge in [-0.1, -0.05) is 6.07 Å². The third-order valence-electron chi connectivity index (χ3n) is 2.21. The molecule has 3 nitrogen and oxygen atoms in total. The number of halogens is 1. The van der Waals surface area contributed by atoms with Crippen LogP contribution in [0.3, 0.4) is 0 Å². The van der Waals surface area contributed by atoms with Crippen molar-refractivity contribution in [3.8, 4) is 17.2 Å². The van der Waals surface area contributed by atoms with Crippen LogP contribution in [0.15, 0.2) is 42.5 Å². The first kappa shape index (κ1) is 8.77. The molecule has 3 N–H and O–H groups in total. The number of hydrogen-bond acceptors (Lipinski definition) is 3. The third kappa shape index (κ3) is 3.36. The number of ether oxygens (including phenoxy) is 1. The zero-order valence-electron chi connectivity index (χ0n) is 13.4. The Morgan fingerprint density at radius 2 is 1.94 bits per heavy atom. The second-order valence-electron chi connectivity index (χ2n) is 3.51. The minimum Gasteiger partial charge on any atom is -0.508 e. The molecule has 0 heterocycles. The van der Waals surface area contributed by atoms with Gasteiger partial charge in [0, 0.05) is 5.48 Å². The summed E-state index contributed by atoms with van der Waals surface area (Å²) in [6.07, 6.45) is -2.32. The quantitative estimate of drug-likeness (QED) is 0.824. The summed E-state index contributed by atoms with van der Waals surface area (Å²) in [5, 5.41) is 9.23. The van der Waals surface area contributed by atoms with Crippen LogP contribution >= 0.6 is 22.6 Å². The van der Waals surface area contributed by atoms with Crippen LogP contribution in [0, 0.1) is 3.57 Å². The summed E-state index contributed by atoms with van der Waals surface area (Å²) in [4.78, 5) is 0. The first-order chi connectivity index (χ1) is 10.1. The monoisotopic (exact) mass is 359 g/mol. The van der Waals surface area contributed by atoms with Gasteiger partial charge in [0.15, 0.2) is 0 Å². The number of rotatable bonds is 4. The van der Waals surface area contributed by atoms with Crippen molar-refractivity contribution >= 4 is 22.6 Å². The molecule has 0 aromatic heterocycles. The molecular weight excluding hydrogens is 341 g/mol. The first-order valence-electron chi connectivity index (χ1n) is 7.17. The standard InChI is InChI=1S/C14H14INO2/c15-13-9-10(7-8-16)1-6-14(13)18-12-4-2-11(17)3-5-12/h1-6,9,17H,7-8,16H2/i7D2,8D2. The van der Waals surface area contributed by atoms with Crippen LogP contribution in [0.4, 0.5) is 0 Å². The number of aryl methyl sites for hydroxylation is 1. The minimum atomic E-state index is -2.49. The predicted octanol–water partition coefficient (Wildman–Crippen LogP) is 3.29. The molecule has 0 fully saturated rings. The zero-order chi connectivity index (χ0) is 16.5. The van der Waals surface area contributed by atoms with Gasteiger partial charge in [0.2, 0.25) is 0 Å². The van der Waals surface area contributed by atoms with E-state index in [4.69, 9.17) is 16.0 Å². The fraction of sp³-hybridized carbons (Fsp3) is 0.143. The summed E-state index contributed by atoms with van der Waals surface area (Å²) in [5.74, 6) is 1.17. The van der Waals surface area contributed by atoms with Crippen molar-refractivity contribution in [2.24, 2.45) is 5.73 Å². The Morgan fingerprint density at radius 1 is 1.22 bits per heavy atom. The number of nitrogens with two attached hydrogens (primary N) is 1. The lowest BCUT2D eigenvalue weighted by Gasteiger charge is -2.09.